The summed E-state index contributed by atoms with van der Waals surface area (Å²) in [5, 5.41) is 3.32. The highest BCUT2D eigenvalue weighted by Crippen LogP contribution is 2.22. The molecule has 0 saturated heterocycles. The zero-order chi connectivity index (χ0) is 15.2. The lowest BCUT2D eigenvalue weighted by molar-refractivity contribution is -0.143. The van der Waals surface area contributed by atoms with Crippen molar-refractivity contribution in [3.05, 3.63) is 34.3 Å². The first-order valence-corrected chi connectivity index (χ1v) is 7.35. The van der Waals surface area contributed by atoms with Gasteiger partial charge in [-0.1, -0.05) is 35.0 Å². The lowest BCUT2D eigenvalue weighted by atomic mass is 10.0. The van der Waals surface area contributed by atoms with E-state index >= 15 is 0 Å². The van der Waals surface area contributed by atoms with Crippen molar-refractivity contribution in [2.45, 2.75) is 25.6 Å². The third-order valence-electron chi connectivity index (χ3n) is 2.95. The minimum absolute atomic E-state index is 0.0631. The van der Waals surface area contributed by atoms with Crippen LogP contribution in [0.2, 0.25) is 0 Å². The predicted octanol–water partition coefficient (Wildman–Crippen LogP) is 3.98. The lowest BCUT2D eigenvalue weighted by Gasteiger charge is -2.23. The van der Waals surface area contributed by atoms with Crippen molar-refractivity contribution in [3.8, 4) is 0 Å². The molecule has 1 aromatic carbocycles. The van der Waals surface area contributed by atoms with Crippen molar-refractivity contribution in [2.24, 2.45) is 0 Å². The number of halogens is 4. The van der Waals surface area contributed by atoms with E-state index in [0.29, 0.717) is 13.0 Å². The maximum Gasteiger partial charge on any atom is 0.401 e. The van der Waals surface area contributed by atoms with Gasteiger partial charge in [0.05, 0.1) is 6.54 Å². The van der Waals surface area contributed by atoms with Gasteiger partial charge in [-0.15, -0.1) is 0 Å². The summed E-state index contributed by atoms with van der Waals surface area (Å²) in [6.07, 6.45) is -3.50. The van der Waals surface area contributed by atoms with E-state index in [-0.39, 0.29) is 6.04 Å². The van der Waals surface area contributed by atoms with Crippen molar-refractivity contribution < 1.29 is 13.2 Å². The van der Waals surface area contributed by atoms with Crippen LogP contribution in [0.4, 0.5) is 13.2 Å². The molecule has 1 N–H and O–H groups in total. The van der Waals surface area contributed by atoms with Crippen LogP contribution in [0, 0.1) is 0 Å². The second kappa shape index (κ2) is 8.00. The van der Waals surface area contributed by atoms with E-state index in [1.54, 1.807) is 0 Å². The quantitative estimate of drug-likeness (QED) is 0.798. The molecule has 0 saturated carbocycles. The van der Waals surface area contributed by atoms with Crippen LogP contribution < -0.4 is 5.32 Å². The average molecular weight is 353 g/mol. The van der Waals surface area contributed by atoms with Gasteiger partial charge in [0.15, 0.2) is 0 Å². The molecule has 1 unspecified atom stereocenters. The monoisotopic (exact) mass is 352 g/mol. The van der Waals surface area contributed by atoms with Gasteiger partial charge in [0, 0.05) is 10.5 Å². The fourth-order valence-electron chi connectivity index (χ4n) is 2.09. The van der Waals surface area contributed by atoms with Gasteiger partial charge in [0.1, 0.15) is 0 Å². The molecule has 0 bridgehead atoms. The average Bonchev–Trinajstić information content (AvgIpc) is 2.32. The molecule has 1 rings (SSSR count). The molecule has 0 fully saturated rings. The second-order valence-electron chi connectivity index (χ2n) is 4.81. The van der Waals surface area contributed by atoms with Crippen LogP contribution in [0.25, 0.3) is 0 Å². The summed E-state index contributed by atoms with van der Waals surface area (Å²) in [4.78, 5) is 1.31. The minimum Gasteiger partial charge on any atom is -0.310 e. The largest absolute Gasteiger partial charge is 0.401 e. The topological polar surface area (TPSA) is 15.3 Å². The smallest absolute Gasteiger partial charge is 0.310 e. The summed E-state index contributed by atoms with van der Waals surface area (Å²) in [6, 6.07) is 7.91. The normalized spacial score (nSPS) is 13.8. The highest BCUT2D eigenvalue weighted by Gasteiger charge is 2.29. The van der Waals surface area contributed by atoms with Crippen LogP contribution in [0.5, 0.6) is 0 Å². The van der Waals surface area contributed by atoms with E-state index in [2.05, 4.69) is 21.2 Å². The molecule has 1 atom stereocenters. The van der Waals surface area contributed by atoms with Crippen molar-refractivity contribution in [1.82, 2.24) is 10.2 Å². The van der Waals surface area contributed by atoms with E-state index in [9.17, 15) is 13.2 Å². The van der Waals surface area contributed by atoms with Gasteiger partial charge in [-0.2, -0.15) is 13.2 Å². The van der Waals surface area contributed by atoms with Gasteiger partial charge in [-0.05, 0) is 44.3 Å². The zero-order valence-corrected chi connectivity index (χ0v) is 13.3. The molecule has 0 heterocycles. The Labute approximate surface area is 126 Å². The van der Waals surface area contributed by atoms with Gasteiger partial charge >= 0.3 is 6.18 Å². The standard InChI is InChI=1S/C14H20BrF3N2/c1-3-19-13(11-5-4-6-12(15)9-11)7-8-20(2)10-14(16,17)18/h4-6,9,13,19H,3,7-8,10H2,1-2H3. The highest BCUT2D eigenvalue weighted by molar-refractivity contribution is 9.10. The molecule has 0 radical (unpaired) electrons. The Morgan fingerprint density at radius 3 is 2.60 bits per heavy atom. The number of benzene rings is 1. The van der Waals surface area contributed by atoms with Gasteiger partial charge in [-0.25, -0.2) is 0 Å². The molecule has 0 aromatic heterocycles. The Balaban J connectivity index is 2.60. The lowest BCUT2D eigenvalue weighted by Crippen LogP contribution is -2.33. The fraction of sp³-hybridized carbons (Fsp3) is 0.571. The van der Waals surface area contributed by atoms with Gasteiger partial charge in [-0.3, -0.25) is 4.90 Å². The predicted molar refractivity (Wildman–Crippen MR) is 78.7 cm³/mol. The molecule has 1 aromatic rings. The number of hydrogen-bond donors (Lipinski definition) is 1. The molecule has 0 spiro atoms. The fourth-order valence-corrected chi connectivity index (χ4v) is 2.51. The molecule has 0 amide bonds. The van der Waals surface area contributed by atoms with E-state index in [0.717, 1.165) is 16.6 Å². The maximum atomic E-state index is 12.3. The molecule has 6 heteroatoms. The molecular weight excluding hydrogens is 333 g/mol. The van der Waals surface area contributed by atoms with Crippen LogP contribution in [0.1, 0.15) is 24.9 Å². The molecule has 114 valence electrons. The number of alkyl halides is 3. The molecule has 0 aliphatic rings. The molecule has 20 heavy (non-hydrogen) atoms. The SMILES string of the molecule is CCNC(CCN(C)CC(F)(F)F)c1cccc(Br)c1. The number of nitrogens with zero attached hydrogens (tertiary/aromatic N) is 1. The number of nitrogens with one attached hydrogen (secondary N) is 1. The van der Waals surface area contributed by atoms with E-state index in [1.807, 2.05) is 31.2 Å². The van der Waals surface area contributed by atoms with Gasteiger partial charge in [0.25, 0.3) is 0 Å². The van der Waals surface area contributed by atoms with Crippen LogP contribution >= 0.6 is 15.9 Å². The Morgan fingerprint density at radius 2 is 2.05 bits per heavy atom. The Hall–Kier alpha value is -0.590. The zero-order valence-electron chi connectivity index (χ0n) is 11.7. The van der Waals surface area contributed by atoms with Crippen molar-refractivity contribution in [3.63, 3.8) is 0 Å². The highest BCUT2D eigenvalue weighted by atomic mass is 79.9. The van der Waals surface area contributed by atoms with Gasteiger partial charge < -0.3 is 5.32 Å². The first kappa shape index (κ1) is 17.5. The molecule has 2 nitrogen and oxygen atoms in total. The number of rotatable bonds is 7. The van der Waals surface area contributed by atoms with Crippen molar-refractivity contribution in [1.29, 1.82) is 0 Å². The summed E-state index contributed by atoms with van der Waals surface area (Å²) in [7, 11) is 1.50. The van der Waals surface area contributed by atoms with Crippen LogP contribution in [0.3, 0.4) is 0 Å². The molecular formula is C14H20BrF3N2. The summed E-state index contributed by atoms with van der Waals surface area (Å²) in [5.74, 6) is 0. The van der Waals surface area contributed by atoms with Crippen molar-refractivity contribution in [2.75, 3.05) is 26.7 Å². The van der Waals surface area contributed by atoms with E-state index < -0.39 is 12.7 Å². The van der Waals surface area contributed by atoms with Crippen LogP contribution in [-0.2, 0) is 0 Å². The number of hydrogen-bond acceptors (Lipinski definition) is 2. The third-order valence-corrected chi connectivity index (χ3v) is 3.44. The molecule has 0 aliphatic carbocycles. The summed E-state index contributed by atoms with van der Waals surface area (Å²) >= 11 is 3.41. The van der Waals surface area contributed by atoms with Crippen molar-refractivity contribution >= 4 is 15.9 Å². The van der Waals surface area contributed by atoms with Crippen LogP contribution in [-0.4, -0.2) is 37.8 Å². The maximum absolute atomic E-state index is 12.3. The Kier molecular flexibility index (Phi) is 6.99. The van der Waals surface area contributed by atoms with E-state index in [4.69, 9.17) is 0 Å². The van der Waals surface area contributed by atoms with Crippen LogP contribution in [0.15, 0.2) is 28.7 Å². The van der Waals surface area contributed by atoms with E-state index in [1.165, 1.54) is 11.9 Å². The summed E-state index contributed by atoms with van der Waals surface area (Å²) < 4.78 is 37.8. The summed E-state index contributed by atoms with van der Waals surface area (Å²) in [6.45, 7) is 2.29. The minimum atomic E-state index is -4.14. The summed E-state index contributed by atoms with van der Waals surface area (Å²) in [5.41, 5.74) is 1.08. The molecule has 0 aliphatic heterocycles. The third kappa shape index (κ3) is 6.72. The Bertz CT molecular complexity index is 410. The van der Waals surface area contributed by atoms with Gasteiger partial charge in [0.2, 0.25) is 0 Å². The Morgan fingerprint density at radius 1 is 1.35 bits per heavy atom. The second-order valence-corrected chi connectivity index (χ2v) is 5.72. The first-order valence-electron chi connectivity index (χ1n) is 6.56. The first-order chi connectivity index (χ1) is 9.31.